The lowest BCUT2D eigenvalue weighted by Gasteiger charge is -2.25. The highest BCUT2D eigenvalue weighted by Crippen LogP contribution is 2.42. The van der Waals surface area contributed by atoms with Gasteiger partial charge in [-0.3, -0.25) is 0 Å². The Balaban J connectivity index is 1.02. The molecule has 3 heterocycles. The number of furan rings is 2. The lowest BCUT2D eigenvalue weighted by atomic mass is 10.00. The molecule has 0 N–H and O–H groups in total. The van der Waals surface area contributed by atoms with Gasteiger partial charge in [-0.2, -0.15) is 0 Å². The molecule has 0 fully saturated rings. The van der Waals surface area contributed by atoms with Gasteiger partial charge in [0.1, 0.15) is 22.3 Å². The van der Waals surface area contributed by atoms with Crippen LogP contribution in [-0.4, -0.2) is 11.5 Å². The predicted octanol–water partition coefficient (Wildman–Crippen LogP) is 14.5. The Kier molecular flexibility index (Phi) is 8.23. The van der Waals surface area contributed by atoms with E-state index in [0.29, 0.717) is 5.84 Å². The summed E-state index contributed by atoms with van der Waals surface area (Å²) in [5.41, 5.74) is 13.8. The van der Waals surface area contributed by atoms with E-state index in [0.717, 1.165) is 100 Å². The summed E-state index contributed by atoms with van der Waals surface area (Å²) in [4.78, 5) is 12.5. The number of amidine groups is 1. The van der Waals surface area contributed by atoms with Crippen LogP contribution in [0.5, 0.6) is 0 Å². The molecule has 0 saturated heterocycles. The van der Waals surface area contributed by atoms with Gasteiger partial charge >= 0.3 is 0 Å². The van der Waals surface area contributed by atoms with Crippen LogP contribution in [0.3, 0.4) is 0 Å². The van der Waals surface area contributed by atoms with Gasteiger partial charge in [-0.1, -0.05) is 134 Å². The Bertz CT molecular complexity index is 3320. The summed E-state index contributed by atoms with van der Waals surface area (Å²) in [7, 11) is 0. The SMILES string of the molecule is C=C1C=C(c2ccccc2)N=C(c2ccccc2)N=C1c1ccc2c(c1)oc1cc(N(c3ccc(-c4ccccc4)cc3)c3ccc4oc5ccccc5c4c3)ccc12. The van der Waals surface area contributed by atoms with Crippen molar-refractivity contribution >= 4 is 78.2 Å². The molecular formula is C54H35N3O2. The minimum absolute atomic E-state index is 0.627. The first kappa shape index (κ1) is 34.2. The maximum absolute atomic E-state index is 6.74. The predicted molar refractivity (Wildman–Crippen MR) is 244 cm³/mol. The Labute approximate surface area is 340 Å². The number of para-hydroxylation sites is 1. The summed E-state index contributed by atoms with van der Waals surface area (Å²) in [6.45, 7) is 4.48. The van der Waals surface area contributed by atoms with Crippen LogP contribution >= 0.6 is 0 Å². The number of rotatable bonds is 7. The molecule has 2 aromatic heterocycles. The van der Waals surface area contributed by atoms with E-state index in [9.17, 15) is 0 Å². The Hall–Kier alpha value is -8.02. The Morgan fingerprint density at radius 3 is 1.66 bits per heavy atom. The summed E-state index contributed by atoms with van der Waals surface area (Å²) < 4.78 is 13.0. The molecule has 278 valence electrons. The molecule has 10 aromatic rings. The zero-order valence-corrected chi connectivity index (χ0v) is 31.9. The first-order valence-electron chi connectivity index (χ1n) is 19.7. The molecule has 1 aliphatic rings. The molecule has 8 aromatic carbocycles. The molecule has 0 aliphatic carbocycles. The molecule has 1 aliphatic heterocycles. The normalized spacial score (nSPS) is 13.1. The van der Waals surface area contributed by atoms with Crippen LogP contribution in [0, 0.1) is 0 Å². The third-order valence-electron chi connectivity index (χ3n) is 11.0. The van der Waals surface area contributed by atoms with Gasteiger partial charge in [0.25, 0.3) is 0 Å². The fourth-order valence-electron chi connectivity index (χ4n) is 8.09. The summed E-state index contributed by atoms with van der Waals surface area (Å²) in [5.74, 6) is 0.627. The fourth-order valence-corrected chi connectivity index (χ4v) is 8.09. The van der Waals surface area contributed by atoms with Crippen LogP contribution in [0.2, 0.25) is 0 Å². The molecule has 0 bridgehead atoms. The van der Waals surface area contributed by atoms with Crippen molar-refractivity contribution in [3.8, 4) is 11.1 Å². The van der Waals surface area contributed by atoms with E-state index < -0.39 is 0 Å². The average Bonchev–Trinajstić information content (AvgIpc) is 3.79. The maximum Gasteiger partial charge on any atom is 0.160 e. The number of benzene rings is 8. The topological polar surface area (TPSA) is 54.2 Å². The van der Waals surface area contributed by atoms with E-state index in [1.165, 1.54) is 5.56 Å². The summed E-state index contributed by atoms with van der Waals surface area (Å²) >= 11 is 0. The molecule has 0 unspecified atom stereocenters. The largest absolute Gasteiger partial charge is 0.456 e. The maximum atomic E-state index is 6.74. The van der Waals surface area contributed by atoms with Crippen LogP contribution in [0.15, 0.2) is 231 Å². The van der Waals surface area contributed by atoms with Crippen LogP contribution in [0.25, 0.3) is 60.7 Å². The molecule has 0 atom stereocenters. The molecule has 11 rings (SSSR count). The third kappa shape index (κ3) is 6.22. The van der Waals surface area contributed by atoms with Gasteiger partial charge in [-0.25, -0.2) is 9.98 Å². The van der Waals surface area contributed by atoms with Gasteiger partial charge in [0, 0.05) is 61.4 Å². The van der Waals surface area contributed by atoms with E-state index in [4.69, 9.17) is 18.8 Å². The molecule has 5 nitrogen and oxygen atoms in total. The Morgan fingerprint density at radius 1 is 0.373 bits per heavy atom. The van der Waals surface area contributed by atoms with Crippen LogP contribution in [0.4, 0.5) is 17.1 Å². The van der Waals surface area contributed by atoms with Crippen molar-refractivity contribution in [1.29, 1.82) is 0 Å². The number of fused-ring (bicyclic) bond motifs is 6. The van der Waals surface area contributed by atoms with E-state index in [1.54, 1.807) is 0 Å². The highest BCUT2D eigenvalue weighted by atomic mass is 16.3. The standard InChI is InChI=1S/C54H35N3O2/c1-35-31-48(38-15-7-3-8-16-38)55-54(39-17-9-4-10-18-39)56-53(35)40-23-28-45-46-29-26-43(34-52(46)59-51(45)32-40)57(41-24-21-37(22-25-41)36-13-5-2-6-14-36)42-27-30-50-47(33-42)44-19-11-12-20-49(44)58-50/h2-34H,1H2. The number of allylic oxidation sites excluding steroid dienone is 2. The molecule has 59 heavy (non-hydrogen) atoms. The van der Waals surface area contributed by atoms with Gasteiger partial charge in [0.15, 0.2) is 5.84 Å². The van der Waals surface area contributed by atoms with Crippen molar-refractivity contribution in [2.45, 2.75) is 0 Å². The molecule has 0 radical (unpaired) electrons. The van der Waals surface area contributed by atoms with E-state index in [1.807, 2.05) is 72.8 Å². The fraction of sp³-hybridized carbons (Fsp3) is 0. The minimum Gasteiger partial charge on any atom is -0.456 e. The lowest BCUT2D eigenvalue weighted by Crippen LogP contribution is -2.09. The van der Waals surface area contributed by atoms with Crippen molar-refractivity contribution in [2.75, 3.05) is 4.90 Å². The second-order valence-electron chi connectivity index (χ2n) is 14.7. The van der Waals surface area contributed by atoms with Crippen molar-refractivity contribution in [3.63, 3.8) is 0 Å². The van der Waals surface area contributed by atoms with Crippen LogP contribution in [0.1, 0.15) is 16.7 Å². The van der Waals surface area contributed by atoms with E-state index >= 15 is 0 Å². The van der Waals surface area contributed by atoms with Gasteiger partial charge in [0.2, 0.25) is 0 Å². The van der Waals surface area contributed by atoms with Crippen molar-refractivity contribution < 1.29 is 8.83 Å². The third-order valence-corrected chi connectivity index (χ3v) is 11.0. The molecule has 5 heteroatoms. The number of nitrogens with zero attached hydrogens (tertiary/aromatic N) is 3. The second kappa shape index (κ2) is 14.2. The van der Waals surface area contributed by atoms with Crippen LogP contribution < -0.4 is 4.90 Å². The minimum atomic E-state index is 0.627. The zero-order valence-electron chi connectivity index (χ0n) is 31.9. The van der Waals surface area contributed by atoms with Gasteiger partial charge in [-0.05, 0) is 83.4 Å². The molecule has 0 spiro atoms. The van der Waals surface area contributed by atoms with Gasteiger partial charge in [0.05, 0.1) is 11.4 Å². The van der Waals surface area contributed by atoms with Crippen LogP contribution in [-0.2, 0) is 0 Å². The number of hydrogen-bond donors (Lipinski definition) is 0. The lowest BCUT2D eigenvalue weighted by molar-refractivity contribution is 0.668. The average molecular weight is 758 g/mol. The second-order valence-corrected chi connectivity index (χ2v) is 14.7. The van der Waals surface area contributed by atoms with E-state index in [2.05, 4.69) is 139 Å². The summed E-state index contributed by atoms with van der Waals surface area (Å²) in [5, 5.41) is 4.21. The van der Waals surface area contributed by atoms with Crippen molar-refractivity contribution in [2.24, 2.45) is 9.98 Å². The first-order valence-corrected chi connectivity index (χ1v) is 19.7. The quantitative estimate of drug-likeness (QED) is 0.163. The van der Waals surface area contributed by atoms with Gasteiger partial charge < -0.3 is 13.7 Å². The smallest absolute Gasteiger partial charge is 0.160 e. The number of anilines is 3. The Morgan fingerprint density at radius 2 is 0.898 bits per heavy atom. The zero-order chi connectivity index (χ0) is 39.3. The molecule has 0 amide bonds. The van der Waals surface area contributed by atoms with E-state index in [-0.39, 0.29) is 0 Å². The monoisotopic (exact) mass is 757 g/mol. The van der Waals surface area contributed by atoms with Gasteiger partial charge in [-0.15, -0.1) is 0 Å². The van der Waals surface area contributed by atoms with Crippen molar-refractivity contribution in [3.05, 3.63) is 229 Å². The highest BCUT2D eigenvalue weighted by molar-refractivity contribution is 6.24. The summed E-state index contributed by atoms with van der Waals surface area (Å²) in [6, 6.07) is 66.8. The summed E-state index contributed by atoms with van der Waals surface area (Å²) in [6.07, 6.45) is 2.02. The number of hydrogen-bond acceptors (Lipinski definition) is 5. The molecule has 0 saturated carbocycles. The molecular weight excluding hydrogens is 723 g/mol. The number of aliphatic imine (C=N–C) groups is 2. The first-order chi connectivity index (χ1) is 29.1. The van der Waals surface area contributed by atoms with Crippen molar-refractivity contribution in [1.82, 2.24) is 0 Å². The highest BCUT2D eigenvalue weighted by Gasteiger charge is 2.20.